The molecule has 2 unspecified atom stereocenters. The Hall–Kier alpha value is 0. The molecule has 0 aromatic carbocycles. The lowest BCUT2D eigenvalue weighted by Gasteiger charge is -2.31. The van der Waals surface area contributed by atoms with Crippen molar-refractivity contribution < 1.29 is 0 Å². The maximum atomic E-state index is 2.41. The maximum Gasteiger partial charge on any atom is -0.0360 e. The summed E-state index contributed by atoms with van der Waals surface area (Å²) in [7, 11) is 0. The molecule has 0 bridgehead atoms. The molecule has 0 heteroatoms. The van der Waals surface area contributed by atoms with E-state index in [4.69, 9.17) is 0 Å². The Morgan fingerprint density at radius 1 is 0.692 bits per heavy atom. The van der Waals surface area contributed by atoms with Crippen LogP contribution >= 0.6 is 0 Å². The molecule has 0 radical (unpaired) electrons. The van der Waals surface area contributed by atoms with Crippen LogP contribution in [-0.2, 0) is 0 Å². The molecule has 0 amide bonds. The van der Waals surface area contributed by atoms with Gasteiger partial charge < -0.3 is 0 Å². The molecule has 0 rings (SSSR count). The molecule has 80 valence electrons. The molecule has 0 spiro atoms. The highest BCUT2D eigenvalue weighted by atomic mass is 14.3. The van der Waals surface area contributed by atoms with Crippen molar-refractivity contribution in [2.75, 3.05) is 0 Å². The summed E-state index contributed by atoms with van der Waals surface area (Å²) in [6.07, 6.45) is 1.39. The predicted molar refractivity (Wildman–Crippen MR) is 61.8 cm³/mol. The van der Waals surface area contributed by atoms with E-state index in [-0.39, 0.29) is 0 Å². The van der Waals surface area contributed by atoms with Crippen LogP contribution in [0.3, 0.4) is 0 Å². The van der Waals surface area contributed by atoms with Gasteiger partial charge in [0.1, 0.15) is 0 Å². The molecule has 0 aliphatic carbocycles. The minimum Gasteiger partial charge on any atom is -0.0628 e. The molecule has 0 aromatic heterocycles. The van der Waals surface area contributed by atoms with Gasteiger partial charge in [-0.25, -0.2) is 0 Å². The van der Waals surface area contributed by atoms with Crippen molar-refractivity contribution in [2.45, 2.75) is 54.9 Å². The molecule has 13 heavy (non-hydrogen) atoms. The van der Waals surface area contributed by atoms with Crippen molar-refractivity contribution in [3.05, 3.63) is 0 Å². The summed E-state index contributed by atoms with van der Waals surface area (Å²) >= 11 is 0. The molecule has 0 aliphatic heterocycles. The summed E-state index contributed by atoms with van der Waals surface area (Å²) in [5.41, 5.74) is 0. The van der Waals surface area contributed by atoms with Crippen LogP contribution in [0.15, 0.2) is 0 Å². The molecule has 0 nitrogen and oxygen atoms in total. The Kier molecular flexibility index (Phi) is 5.67. The van der Waals surface area contributed by atoms with Crippen molar-refractivity contribution in [1.82, 2.24) is 0 Å². The normalized spacial score (nSPS) is 17.1. The molecule has 0 fully saturated rings. The zero-order valence-electron chi connectivity index (χ0n) is 10.6. The molecule has 0 N–H and O–H groups in total. The quantitative estimate of drug-likeness (QED) is 0.586. The van der Waals surface area contributed by atoms with Crippen molar-refractivity contribution in [3.63, 3.8) is 0 Å². The van der Waals surface area contributed by atoms with Crippen LogP contribution in [0.4, 0.5) is 0 Å². The van der Waals surface area contributed by atoms with Crippen molar-refractivity contribution >= 4 is 0 Å². The second-order valence-corrected chi connectivity index (χ2v) is 5.64. The molecule has 0 heterocycles. The predicted octanol–water partition coefficient (Wildman–Crippen LogP) is 4.60. The average Bonchev–Trinajstić information content (AvgIpc) is 1.97. The van der Waals surface area contributed by atoms with Crippen LogP contribution in [0.1, 0.15) is 54.9 Å². The van der Waals surface area contributed by atoms with Gasteiger partial charge in [-0.05, 0) is 36.0 Å². The highest BCUT2D eigenvalue weighted by Gasteiger charge is 2.23. The fourth-order valence-electron chi connectivity index (χ4n) is 2.13. The maximum absolute atomic E-state index is 2.41. The van der Waals surface area contributed by atoms with Crippen molar-refractivity contribution in [1.29, 1.82) is 0 Å². The summed E-state index contributed by atoms with van der Waals surface area (Å²) in [6.45, 7) is 16.5. The Balaban J connectivity index is 4.24. The highest BCUT2D eigenvalue weighted by molar-refractivity contribution is 4.73. The summed E-state index contributed by atoms with van der Waals surface area (Å²) in [5, 5.41) is 0. The summed E-state index contributed by atoms with van der Waals surface area (Å²) in [5.74, 6) is 4.27. The second kappa shape index (κ2) is 5.67. The van der Waals surface area contributed by atoms with Gasteiger partial charge in [0.25, 0.3) is 0 Å². The minimum absolute atomic E-state index is 0.825. The molecule has 2 atom stereocenters. The topological polar surface area (TPSA) is 0 Å². The standard InChI is InChI=1S/C13H28/c1-9(2)8-13(11(5)6)12(7)10(3)4/h9-13H,8H2,1-7H3. The fourth-order valence-corrected chi connectivity index (χ4v) is 2.13. The highest BCUT2D eigenvalue weighted by Crippen LogP contribution is 2.31. The lowest BCUT2D eigenvalue weighted by Crippen LogP contribution is -2.23. The molecular formula is C13H28. The molecule has 0 saturated heterocycles. The van der Waals surface area contributed by atoms with Crippen LogP contribution in [0, 0.1) is 29.6 Å². The van der Waals surface area contributed by atoms with Crippen molar-refractivity contribution in [3.8, 4) is 0 Å². The number of hydrogen-bond donors (Lipinski definition) is 0. The van der Waals surface area contributed by atoms with Gasteiger partial charge in [0.15, 0.2) is 0 Å². The van der Waals surface area contributed by atoms with Gasteiger partial charge in [0, 0.05) is 0 Å². The summed E-state index contributed by atoms with van der Waals surface area (Å²) in [6, 6.07) is 0. The van der Waals surface area contributed by atoms with Gasteiger partial charge in [-0.15, -0.1) is 0 Å². The third-order valence-electron chi connectivity index (χ3n) is 3.33. The van der Waals surface area contributed by atoms with E-state index in [2.05, 4.69) is 48.5 Å². The first-order valence-electron chi connectivity index (χ1n) is 5.86. The van der Waals surface area contributed by atoms with Crippen LogP contribution in [0.2, 0.25) is 0 Å². The van der Waals surface area contributed by atoms with E-state index in [0.29, 0.717) is 0 Å². The summed E-state index contributed by atoms with van der Waals surface area (Å²) in [4.78, 5) is 0. The number of rotatable bonds is 5. The molecule has 0 aliphatic rings. The van der Waals surface area contributed by atoms with Gasteiger partial charge in [0.2, 0.25) is 0 Å². The fraction of sp³-hybridized carbons (Fsp3) is 1.00. The van der Waals surface area contributed by atoms with E-state index >= 15 is 0 Å². The van der Waals surface area contributed by atoms with E-state index in [1.807, 2.05) is 0 Å². The van der Waals surface area contributed by atoms with E-state index in [1.165, 1.54) is 6.42 Å². The van der Waals surface area contributed by atoms with Crippen LogP contribution in [0.5, 0.6) is 0 Å². The van der Waals surface area contributed by atoms with E-state index in [1.54, 1.807) is 0 Å². The Bertz CT molecular complexity index is 122. The Labute approximate surface area is 85.1 Å². The van der Waals surface area contributed by atoms with Gasteiger partial charge in [-0.1, -0.05) is 48.5 Å². The zero-order valence-corrected chi connectivity index (χ0v) is 10.6. The van der Waals surface area contributed by atoms with Gasteiger partial charge in [0.05, 0.1) is 0 Å². The first-order chi connectivity index (χ1) is 5.86. The monoisotopic (exact) mass is 184 g/mol. The van der Waals surface area contributed by atoms with E-state index in [0.717, 1.165) is 29.6 Å². The number of hydrogen-bond acceptors (Lipinski definition) is 0. The Morgan fingerprint density at radius 2 is 1.15 bits per heavy atom. The largest absolute Gasteiger partial charge is 0.0628 e. The van der Waals surface area contributed by atoms with E-state index < -0.39 is 0 Å². The van der Waals surface area contributed by atoms with Gasteiger partial charge in [-0.3, -0.25) is 0 Å². The van der Waals surface area contributed by atoms with E-state index in [9.17, 15) is 0 Å². The van der Waals surface area contributed by atoms with Crippen LogP contribution < -0.4 is 0 Å². The van der Waals surface area contributed by atoms with Crippen molar-refractivity contribution in [2.24, 2.45) is 29.6 Å². The van der Waals surface area contributed by atoms with Crippen LogP contribution in [0.25, 0.3) is 0 Å². The van der Waals surface area contributed by atoms with Gasteiger partial charge >= 0.3 is 0 Å². The SMILES string of the molecule is CC(C)CC(C(C)C)C(C)C(C)C. The third-order valence-corrected chi connectivity index (χ3v) is 3.33. The molecule has 0 aromatic rings. The Morgan fingerprint density at radius 3 is 1.38 bits per heavy atom. The van der Waals surface area contributed by atoms with Crippen LogP contribution in [-0.4, -0.2) is 0 Å². The first kappa shape index (κ1) is 13.0. The lowest BCUT2D eigenvalue weighted by atomic mass is 9.74. The average molecular weight is 184 g/mol. The lowest BCUT2D eigenvalue weighted by molar-refractivity contribution is 0.183. The molecular weight excluding hydrogens is 156 g/mol. The van der Waals surface area contributed by atoms with Gasteiger partial charge in [-0.2, -0.15) is 0 Å². The molecule has 0 saturated carbocycles. The third kappa shape index (κ3) is 4.69. The zero-order chi connectivity index (χ0) is 10.6. The first-order valence-corrected chi connectivity index (χ1v) is 5.86. The second-order valence-electron chi connectivity index (χ2n) is 5.64. The smallest absolute Gasteiger partial charge is 0.0360 e. The minimum atomic E-state index is 0.825. The summed E-state index contributed by atoms with van der Waals surface area (Å²) < 4.78 is 0.